The van der Waals surface area contributed by atoms with E-state index in [1.54, 1.807) is 13.3 Å². The molecule has 0 amide bonds. The van der Waals surface area contributed by atoms with Gasteiger partial charge in [0.05, 0.1) is 12.4 Å². The van der Waals surface area contributed by atoms with E-state index < -0.39 is 0 Å². The number of nitrogens with one attached hydrogen (secondary N) is 2. The first-order valence-corrected chi connectivity index (χ1v) is 9.55. The Balaban J connectivity index is 1.50. The van der Waals surface area contributed by atoms with Crippen LogP contribution in [-0.2, 0) is 17.7 Å². The number of ether oxygens (including phenoxy) is 2. The first-order chi connectivity index (χ1) is 13.2. The fourth-order valence-electron chi connectivity index (χ4n) is 3.06. The molecule has 2 heterocycles. The van der Waals surface area contributed by atoms with Crippen LogP contribution in [0.5, 0.6) is 5.75 Å². The van der Waals surface area contributed by atoms with Gasteiger partial charge < -0.3 is 24.5 Å². The summed E-state index contributed by atoms with van der Waals surface area (Å²) < 4.78 is 17.1. The number of furan rings is 1. The molecule has 1 saturated heterocycles. The largest absolute Gasteiger partial charge is 0.491 e. The topological polar surface area (TPSA) is 68.0 Å². The highest BCUT2D eigenvalue weighted by atomic mass is 16.5. The van der Waals surface area contributed by atoms with E-state index >= 15 is 0 Å². The van der Waals surface area contributed by atoms with Crippen molar-refractivity contribution in [1.82, 2.24) is 10.6 Å². The number of aliphatic imine (C=N–C) groups is 1. The molecule has 2 aromatic rings. The highest BCUT2D eigenvalue weighted by molar-refractivity contribution is 5.79. The summed E-state index contributed by atoms with van der Waals surface area (Å²) in [5.41, 5.74) is 2.29. The maximum atomic E-state index is 6.06. The number of benzene rings is 1. The summed E-state index contributed by atoms with van der Waals surface area (Å²) in [4.78, 5) is 4.28. The van der Waals surface area contributed by atoms with Gasteiger partial charge in [0.1, 0.15) is 18.1 Å². The highest BCUT2D eigenvalue weighted by Crippen LogP contribution is 2.22. The molecule has 0 spiro atoms. The molecule has 1 fully saturated rings. The molecular formula is C21H29N3O3. The average molecular weight is 371 g/mol. The summed E-state index contributed by atoms with van der Waals surface area (Å²) in [6.45, 7) is 4.92. The minimum absolute atomic E-state index is 0.211. The lowest BCUT2D eigenvalue weighted by Crippen LogP contribution is -2.37. The molecule has 0 bridgehead atoms. The van der Waals surface area contributed by atoms with Crippen LogP contribution in [0.2, 0.25) is 0 Å². The van der Waals surface area contributed by atoms with Crippen molar-refractivity contribution in [3.05, 3.63) is 53.5 Å². The van der Waals surface area contributed by atoms with Crippen LogP contribution in [0.15, 0.2) is 46.0 Å². The van der Waals surface area contributed by atoms with Gasteiger partial charge in [-0.15, -0.1) is 0 Å². The Bertz CT molecular complexity index is 722. The van der Waals surface area contributed by atoms with Crippen LogP contribution in [0.3, 0.4) is 0 Å². The smallest absolute Gasteiger partial charge is 0.191 e. The molecule has 1 aliphatic heterocycles. The van der Waals surface area contributed by atoms with Gasteiger partial charge in [0.2, 0.25) is 0 Å². The molecule has 2 N–H and O–H groups in total. The molecule has 0 aliphatic carbocycles. The predicted octanol–water partition coefficient (Wildman–Crippen LogP) is 3.05. The fourth-order valence-corrected chi connectivity index (χ4v) is 3.06. The summed E-state index contributed by atoms with van der Waals surface area (Å²) in [7, 11) is 1.77. The third kappa shape index (κ3) is 6.03. The van der Waals surface area contributed by atoms with Gasteiger partial charge in [-0.05, 0) is 43.5 Å². The van der Waals surface area contributed by atoms with Gasteiger partial charge in [-0.25, -0.2) is 0 Å². The van der Waals surface area contributed by atoms with Gasteiger partial charge in [0, 0.05) is 38.7 Å². The predicted molar refractivity (Wildman–Crippen MR) is 106 cm³/mol. The maximum Gasteiger partial charge on any atom is 0.191 e. The van der Waals surface area contributed by atoms with Gasteiger partial charge in [-0.1, -0.05) is 12.1 Å². The van der Waals surface area contributed by atoms with Crippen molar-refractivity contribution in [3.8, 4) is 5.75 Å². The minimum Gasteiger partial charge on any atom is -0.491 e. The molecule has 146 valence electrons. The van der Waals surface area contributed by atoms with Crippen molar-refractivity contribution in [2.75, 3.05) is 26.8 Å². The van der Waals surface area contributed by atoms with Crippen LogP contribution in [-0.4, -0.2) is 38.9 Å². The molecule has 1 aromatic heterocycles. The normalized spacial score (nSPS) is 17.1. The molecule has 27 heavy (non-hydrogen) atoms. The Hall–Kier alpha value is -2.47. The number of hydrogen-bond acceptors (Lipinski definition) is 4. The lowest BCUT2D eigenvalue weighted by Gasteiger charge is -2.17. The molecule has 3 rings (SSSR count). The second-order valence-corrected chi connectivity index (χ2v) is 6.74. The Morgan fingerprint density at radius 2 is 2.22 bits per heavy atom. The van der Waals surface area contributed by atoms with E-state index in [4.69, 9.17) is 13.9 Å². The van der Waals surface area contributed by atoms with Crippen molar-refractivity contribution < 1.29 is 13.9 Å². The Morgan fingerprint density at radius 1 is 1.30 bits per heavy atom. The molecule has 0 saturated carbocycles. The molecule has 6 nitrogen and oxygen atoms in total. The quantitative estimate of drug-likeness (QED) is 0.551. The number of rotatable bonds is 8. The third-order valence-electron chi connectivity index (χ3n) is 4.59. The van der Waals surface area contributed by atoms with Crippen molar-refractivity contribution in [1.29, 1.82) is 0 Å². The van der Waals surface area contributed by atoms with E-state index in [0.29, 0.717) is 13.2 Å². The zero-order chi connectivity index (χ0) is 18.9. The summed E-state index contributed by atoms with van der Waals surface area (Å²) in [6.07, 6.45) is 4.91. The zero-order valence-electron chi connectivity index (χ0n) is 16.2. The van der Waals surface area contributed by atoms with Crippen molar-refractivity contribution >= 4 is 5.96 Å². The van der Waals surface area contributed by atoms with E-state index in [1.165, 1.54) is 5.56 Å². The molecular weight excluding hydrogens is 342 g/mol. The van der Waals surface area contributed by atoms with E-state index in [1.807, 2.05) is 12.1 Å². The molecule has 1 atom stereocenters. The molecule has 1 unspecified atom stereocenters. The second-order valence-electron chi connectivity index (χ2n) is 6.74. The van der Waals surface area contributed by atoms with E-state index in [-0.39, 0.29) is 6.10 Å². The van der Waals surface area contributed by atoms with Gasteiger partial charge in [0.15, 0.2) is 5.96 Å². The highest BCUT2D eigenvalue weighted by Gasteiger charge is 2.17. The number of hydrogen-bond donors (Lipinski definition) is 2. The standard InChI is InChI=1S/C21H29N3O3/c1-16-7-8-17(20(13-16)27-15-19-6-4-12-26-19)14-24-21(22-2)23-10-9-18-5-3-11-25-18/h3,5,7-8,11,13,19H,4,6,9-10,12,14-15H2,1-2H3,(H2,22,23,24). The molecule has 0 radical (unpaired) electrons. The van der Waals surface area contributed by atoms with Crippen LogP contribution in [0, 0.1) is 6.92 Å². The monoisotopic (exact) mass is 371 g/mol. The zero-order valence-corrected chi connectivity index (χ0v) is 16.2. The number of guanidine groups is 1. The van der Waals surface area contributed by atoms with Gasteiger partial charge in [-0.3, -0.25) is 4.99 Å². The first kappa shape index (κ1) is 19.3. The van der Waals surface area contributed by atoms with Crippen molar-refractivity contribution in [2.24, 2.45) is 4.99 Å². The lowest BCUT2D eigenvalue weighted by molar-refractivity contribution is 0.0676. The second kappa shape index (κ2) is 10.0. The van der Waals surface area contributed by atoms with Crippen LogP contribution >= 0.6 is 0 Å². The SMILES string of the molecule is CN=C(NCCc1ccco1)NCc1ccc(C)cc1OCC1CCCO1. The Labute approximate surface area is 161 Å². The molecule has 1 aliphatic rings. The van der Waals surface area contributed by atoms with E-state index in [2.05, 4.69) is 40.7 Å². The fraction of sp³-hybridized carbons (Fsp3) is 0.476. The average Bonchev–Trinajstić information content (AvgIpc) is 3.37. The van der Waals surface area contributed by atoms with Crippen molar-refractivity contribution in [2.45, 2.75) is 38.8 Å². The first-order valence-electron chi connectivity index (χ1n) is 9.55. The van der Waals surface area contributed by atoms with Gasteiger partial charge in [0.25, 0.3) is 0 Å². The maximum absolute atomic E-state index is 6.06. The van der Waals surface area contributed by atoms with Gasteiger partial charge >= 0.3 is 0 Å². The van der Waals surface area contributed by atoms with E-state index in [0.717, 1.165) is 55.4 Å². The summed E-state index contributed by atoms with van der Waals surface area (Å²) >= 11 is 0. The summed E-state index contributed by atoms with van der Waals surface area (Å²) in [5, 5.41) is 6.65. The van der Waals surface area contributed by atoms with Crippen LogP contribution in [0.1, 0.15) is 29.7 Å². The lowest BCUT2D eigenvalue weighted by atomic mass is 10.1. The summed E-state index contributed by atoms with van der Waals surface area (Å²) in [6, 6.07) is 10.2. The number of aryl methyl sites for hydroxylation is 1. The molecule has 1 aromatic carbocycles. The van der Waals surface area contributed by atoms with Crippen molar-refractivity contribution in [3.63, 3.8) is 0 Å². The molecule has 6 heteroatoms. The Morgan fingerprint density at radius 3 is 2.96 bits per heavy atom. The summed E-state index contributed by atoms with van der Waals surface area (Å²) in [5.74, 6) is 2.62. The van der Waals surface area contributed by atoms with Crippen LogP contribution < -0.4 is 15.4 Å². The van der Waals surface area contributed by atoms with Crippen LogP contribution in [0.4, 0.5) is 0 Å². The minimum atomic E-state index is 0.211. The van der Waals surface area contributed by atoms with Crippen LogP contribution in [0.25, 0.3) is 0 Å². The number of nitrogens with zero attached hydrogens (tertiary/aromatic N) is 1. The Kier molecular flexibility index (Phi) is 7.16. The van der Waals surface area contributed by atoms with Gasteiger partial charge in [-0.2, -0.15) is 0 Å². The third-order valence-corrected chi connectivity index (χ3v) is 4.59. The van der Waals surface area contributed by atoms with E-state index in [9.17, 15) is 0 Å².